The molecule has 0 aliphatic rings. The summed E-state index contributed by atoms with van der Waals surface area (Å²) in [5.74, 6) is -0.0113. The number of nitrogens with one attached hydrogen (secondary N) is 2. The van der Waals surface area contributed by atoms with Crippen molar-refractivity contribution in [3.8, 4) is 10.8 Å². The molecule has 0 aliphatic heterocycles. The maximum absolute atomic E-state index is 13.7. The average molecular weight is 431 g/mol. The first kappa shape index (κ1) is 21.5. The summed E-state index contributed by atoms with van der Waals surface area (Å²) in [5, 5.41) is 7.04. The van der Waals surface area contributed by atoms with Crippen LogP contribution in [-0.2, 0) is 16.0 Å². The number of benzene rings is 1. The molecule has 0 spiro atoms. The highest BCUT2D eigenvalue weighted by Crippen LogP contribution is 2.27. The average Bonchev–Trinajstić information content (AvgIpc) is 3.26. The lowest BCUT2D eigenvalue weighted by Gasteiger charge is -2.20. The van der Waals surface area contributed by atoms with Crippen molar-refractivity contribution in [1.82, 2.24) is 4.98 Å². The Morgan fingerprint density at radius 1 is 1.20 bits per heavy atom. The molecule has 9 heteroatoms. The first-order valence-corrected chi connectivity index (χ1v) is 10.1. The lowest BCUT2D eigenvalue weighted by atomic mass is 10.2. The predicted octanol–water partition coefficient (Wildman–Crippen LogP) is 5.38. The fraction of sp³-hybridized carbons (Fsp3) is 0.286. The second-order valence-corrected chi connectivity index (χ2v) is 8.49. The van der Waals surface area contributed by atoms with Gasteiger partial charge in [-0.2, -0.15) is 0 Å². The summed E-state index contributed by atoms with van der Waals surface area (Å²) in [6, 6.07) is 7.41. The summed E-state index contributed by atoms with van der Waals surface area (Å²) in [4.78, 5) is 29.8. The van der Waals surface area contributed by atoms with Crippen molar-refractivity contribution in [2.24, 2.45) is 0 Å². The number of amides is 2. The minimum absolute atomic E-state index is 0.0664. The molecule has 0 fully saturated rings. The molecule has 30 heavy (non-hydrogen) atoms. The summed E-state index contributed by atoms with van der Waals surface area (Å²) in [5.41, 5.74) is 0.118. The number of aryl methyl sites for hydroxylation is 1. The summed E-state index contributed by atoms with van der Waals surface area (Å²) in [7, 11) is 0. The van der Waals surface area contributed by atoms with E-state index in [-0.39, 0.29) is 17.8 Å². The molecule has 3 rings (SSSR count). The van der Waals surface area contributed by atoms with Crippen LogP contribution in [0.25, 0.3) is 10.8 Å². The number of halogens is 1. The molecule has 0 radical (unpaired) electrons. The summed E-state index contributed by atoms with van der Waals surface area (Å²) < 4.78 is 24.6. The molecule has 0 bridgehead atoms. The van der Waals surface area contributed by atoms with Crippen LogP contribution < -0.4 is 10.6 Å². The quantitative estimate of drug-likeness (QED) is 0.566. The van der Waals surface area contributed by atoms with Gasteiger partial charge in [0.15, 0.2) is 0 Å². The fourth-order valence-corrected chi connectivity index (χ4v) is 3.24. The minimum Gasteiger partial charge on any atom is -0.444 e. The Hall–Kier alpha value is -3.20. The van der Waals surface area contributed by atoms with Gasteiger partial charge in [-0.05, 0) is 57.3 Å². The monoisotopic (exact) mass is 431 g/mol. The van der Waals surface area contributed by atoms with Gasteiger partial charge in [-0.1, -0.05) is 6.07 Å². The molecular formula is C21H22FN3O4S. The van der Waals surface area contributed by atoms with E-state index in [1.807, 2.05) is 17.5 Å². The lowest BCUT2D eigenvalue weighted by Crippen LogP contribution is -2.27. The second kappa shape index (κ2) is 8.66. The van der Waals surface area contributed by atoms with Crippen LogP contribution in [0.2, 0.25) is 0 Å². The van der Waals surface area contributed by atoms with Crippen LogP contribution in [0.4, 0.5) is 20.6 Å². The standard InChI is InChI=1S/C21H22FN3O4S/c1-12-15(24-19(28-12)17-6-5-9-30-17)11-18(26)23-16-10-13(22)7-8-14(16)25-20(27)29-21(2,3)4/h5-10H,11H2,1-4H3,(H,23,26)(H,25,27). The molecule has 2 aromatic heterocycles. The normalized spacial score (nSPS) is 11.2. The number of oxazole rings is 1. The third kappa shape index (κ3) is 5.66. The number of carbonyl (C=O) groups is 2. The molecule has 158 valence electrons. The SMILES string of the molecule is Cc1oc(-c2cccs2)nc1CC(=O)Nc1cc(F)ccc1NC(=O)OC(C)(C)C. The fourth-order valence-electron chi connectivity index (χ4n) is 2.59. The van der Waals surface area contributed by atoms with E-state index in [2.05, 4.69) is 15.6 Å². The number of hydrogen-bond acceptors (Lipinski definition) is 6. The van der Waals surface area contributed by atoms with Gasteiger partial charge in [0.2, 0.25) is 11.8 Å². The number of nitrogens with zero attached hydrogens (tertiary/aromatic N) is 1. The van der Waals surface area contributed by atoms with E-state index in [9.17, 15) is 14.0 Å². The van der Waals surface area contributed by atoms with Crippen LogP contribution in [0, 0.1) is 12.7 Å². The van der Waals surface area contributed by atoms with Gasteiger partial charge in [0, 0.05) is 0 Å². The van der Waals surface area contributed by atoms with Crippen LogP contribution in [0.3, 0.4) is 0 Å². The highest BCUT2D eigenvalue weighted by Gasteiger charge is 2.19. The summed E-state index contributed by atoms with van der Waals surface area (Å²) in [6.07, 6.45) is -0.777. The van der Waals surface area contributed by atoms with Gasteiger partial charge in [0.1, 0.15) is 17.2 Å². The molecule has 2 heterocycles. The summed E-state index contributed by atoms with van der Waals surface area (Å²) in [6.45, 7) is 6.91. The third-order valence-electron chi connectivity index (χ3n) is 3.84. The molecule has 0 saturated heterocycles. The van der Waals surface area contributed by atoms with E-state index < -0.39 is 23.4 Å². The van der Waals surface area contributed by atoms with Crippen LogP contribution in [0.5, 0.6) is 0 Å². The van der Waals surface area contributed by atoms with Gasteiger partial charge in [-0.25, -0.2) is 14.2 Å². The van der Waals surface area contributed by atoms with E-state index in [0.29, 0.717) is 17.3 Å². The van der Waals surface area contributed by atoms with Gasteiger partial charge >= 0.3 is 6.09 Å². The van der Waals surface area contributed by atoms with Crippen molar-refractivity contribution in [1.29, 1.82) is 0 Å². The van der Waals surface area contributed by atoms with Gasteiger partial charge in [0.25, 0.3) is 0 Å². The number of carbonyl (C=O) groups excluding carboxylic acids is 2. The molecular weight excluding hydrogens is 409 g/mol. The maximum atomic E-state index is 13.7. The van der Waals surface area contributed by atoms with Crippen molar-refractivity contribution in [2.45, 2.75) is 39.7 Å². The smallest absolute Gasteiger partial charge is 0.412 e. The van der Waals surface area contributed by atoms with Crippen molar-refractivity contribution < 1.29 is 23.1 Å². The van der Waals surface area contributed by atoms with Crippen LogP contribution in [0.1, 0.15) is 32.2 Å². The Balaban J connectivity index is 1.72. The number of aromatic nitrogens is 1. The lowest BCUT2D eigenvalue weighted by molar-refractivity contribution is -0.115. The van der Waals surface area contributed by atoms with E-state index in [4.69, 9.17) is 9.15 Å². The molecule has 1 aromatic carbocycles. The van der Waals surface area contributed by atoms with Crippen molar-refractivity contribution >= 4 is 34.7 Å². The minimum atomic E-state index is -0.711. The van der Waals surface area contributed by atoms with Gasteiger partial charge in [-0.15, -0.1) is 11.3 Å². The molecule has 7 nitrogen and oxygen atoms in total. The first-order chi connectivity index (χ1) is 14.1. The number of ether oxygens (including phenoxy) is 1. The summed E-state index contributed by atoms with van der Waals surface area (Å²) >= 11 is 1.48. The molecule has 0 atom stereocenters. The zero-order valence-electron chi connectivity index (χ0n) is 17.0. The highest BCUT2D eigenvalue weighted by molar-refractivity contribution is 7.13. The van der Waals surface area contributed by atoms with E-state index in [1.165, 1.54) is 23.5 Å². The zero-order chi connectivity index (χ0) is 21.9. The van der Waals surface area contributed by atoms with E-state index >= 15 is 0 Å². The molecule has 2 amide bonds. The zero-order valence-corrected chi connectivity index (χ0v) is 17.9. The van der Waals surface area contributed by atoms with Gasteiger partial charge in [-0.3, -0.25) is 10.1 Å². The molecule has 3 aromatic rings. The second-order valence-electron chi connectivity index (χ2n) is 7.54. The van der Waals surface area contributed by atoms with Gasteiger partial charge < -0.3 is 14.5 Å². The molecule has 0 saturated carbocycles. The number of anilines is 2. The van der Waals surface area contributed by atoms with Crippen LogP contribution in [0.15, 0.2) is 40.1 Å². The Bertz CT molecular complexity index is 1050. The molecule has 0 aliphatic carbocycles. The Kier molecular flexibility index (Phi) is 6.21. The molecule has 2 N–H and O–H groups in total. The van der Waals surface area contributed by atoms with Crippen molar-refractivity contribution in [3.05, 3.63) is 53.0 Å². The largest absolute Gasteiger partial charge is 0.444 e. The van der Waals surface area contributed by atoms with E-state index in [1.54, 1.807) is 27.7 Å². The molecule has 0 unspecified atom stereocenters. The Morgan fingerprint density at radius 2 is 1.97 bits per heavy atom. The van der Waals surface area contributed by atoms with Crippen molar-refractivity contribution in [2.75, 3.05) is 10.6 Å². The number of thiophene rings is 1. The Labute approximate surface area is 177 Å². The van der Waals surface area contributed by atoms with Crippen molar-refractivity contribution in [3.63, 3.8) is 0 Å². The number of rotatable bonds is 5. The number of hydrogen-bond donors (Lipinski definition) is 2. The predicted molar refractivity (Wildman–Crippen MR) is 113 cm³/mol. The van der Waals surface area contributed by atoms with Crippen LogP contribution in [-0.4, -0.2) is 22.6 Å². The Morgan fingerprint density at radius 3 is 2.63 bits per heavy atom. The first-order valence-electron chi connectivity index (χ1n) is 9.20. The topological polar surface area (TPSA) is 93.5 Å². The third-order valence-corrected chi connectivity index (χ3v) is 4.70. The maximum Gasteiger partial charge on any atom is 0.412 e. The van der Waals surface area contributed by atoms with E-state index in [0.717, 1.165) is 10.9 Å². The van der Waals surface area contributed by atoms with Crippen LogP contribution >= 0.6 is 11.3 Å². The highest BCUT2D eigenvalue weighted by atomic mass is 32.1. The van der Waals surface area contributed by atoms with Gasteiger partial charge in [0.05, 0.1) is 28.4 Å².